The highest BCUT2D eigenvalue weighted by atomic mass is 32.1. The van der Waals surface area contributed by atoms with Gasteiger partial charge in [-0.15, -0.1) is 11.3 Å². The molecule has 1 saturated carbocycles. The second kappa shape index (κ2) is 5.66. The lowest BCUT2D eigenvalue weighted by molar-refractivity contribution is 0.471. The van der Waals surface area contributed by atoms with E-state index in [1.54, 1.807) is 4.88 Å². The van der Waals surface area contributed by atoms with Gasteiger partial charge in [-0.25, -0.2) is 0 Å². The number of nitrogens with one attached hydrogen (secondary N) is 1. The van der Waals surface area contributed by atoms with Crippen LogP contribution in [0, 0.1) is 5.92 Å². The van der Waals surface area contributed by atoms with Crippen LogP contribution in [0.1, 0.15) is 37.5 Å². The van der Waals surface area contributed by atoms with Crippen molar-refractivity contribution in [3.63, 3.8) is 0 Å². The van der Waals surface area contributed by atoms with Crippen molar-refractivity contribution in [1.82, 2.24) is 5.32 Å². The van der Waals surface area contributed by atoms with Gasteiger partial charge in [0.05, 0.1) is 0 Å². The van der Waals surface area contributed by atoms with E-state index in [0.29, 0.717) is 0 Å². The third-order valence-corrected chi connectivity index (χ3v) is 4.35. The van der Waals surface area contributed by atoms with Crippen molar-refractivity contribution >= 4 is 11.3 Å². The van der Waals surface area contributed by atoms with E-state index in [4.69, 9.17) is 0 Å². The van der Waals surface area contributed by atoms with Crippen LogP contribution >= 0.6 is 11.3 Å². The molecule has 1 N–H and O–H groups in total. The second-order valence-corrected chi connectivity index (χ2v) is 5.58. The van der Waals surface area contributed by atoms with E-state index < -0.39 is 0 Å². The van der Waals surface area contributed by atoms with E-state index in [1.165, 1.54) is 32.1 Å². The fourth-order valence-corrected chi connectivity index (χ4v) is 3.34. The van der Waals surface area contributed by atoms with Crippen LogP contribution in [0.5, 0.6) is 0 Å². The Morgan fingerprint density at radius 1 is 1.47 bits per heavy atom. The minimum Gasteiger partial charge on any atom is -0.314 e. The summed E-state index contributed by atoms with van der Waals surface area (Å²) in [7, 11) is 0. The van der Waals surface area contributed by atoms with Crippen LogP contribution in [0.3, 0.4) is 0 Å². The van der Waals surface area contributed by atoms with Crippen LogP contribution < -0.4 is 5.32 Å². The minimum absolute atomic E-state index is 0.809. The van der Waals surface area contributed by atoms with Gasteiger partial charge in [0.15, 0.2) is 0 Å². The summed E-state index contributed by atoms with van der Waals surface area (Å²) in [5.74, 6) is 0.969. The first-order valence-corrected chi connectivity index (χ1v) is 7.02. The summed E-state index contributed by atoms with van der Waals surface area (Å²) in [6.45, 7) is 3.33. The van der Waals surface area contributed by atoms with Crippen LogP contribution in [0.4, 0.5) is 0 Å². The fraction of sp³-hybridized carbons (Fsp3) is 0.692. The Morgan fingerprint density at radius 2 is 2.40 bits per heavy atom. The van der Waals surface area contributed by atoms with E-state index in [-0.39, 0.29) is 0 Å². The van der Waals surface area contributed by atoms with Crippen LogP contribution in [0.15, 0.2) is 17.5 Å². The standard InChI is InChI=1S/C13H21NS/c1-2-14-12-7-5-11(10-12)6-8-13-4-3-9-15-13/h3-4,9,11-12,14H,2,5-8,10H2,1H3. The molecule has 1 aromatic heterocycles. The zero-order valence-electron chi connectivity index (χ0n) is 9.54. The maximum absolute atomic E-state index is 3.57. The molecule has 1 nitrogen and oxygen atoms in total. The van der Waals surface area contributed by atoms with Gasteiger partial charge in [-0.1, -0.05) is 13.0 Å². The van der Waals surface area contributed by atoms with Crippen molar-refractivity contribution in [2.75, 3.05) is 6.54 Å². The molecule has 2 atom stereocenters. The van der Waals surface area contributed by atoms with E-state index in [9.17, 15) is 0 Å². The molecular formula is C13H21NS. The van der Waals surface area contributed by atoms with Crippen molar-refractivity contribution < 1.29 is 0 Å². The Hall–Kier alpha value is -0.340. The van der Waals surface area contributed by atoms with Crippen LogP contribution in [0.2, 0.25) is 0 Å². The number of thiophene rings is 1. The van der Waals surface area contributed by atoms with E-state index >= 15 is 0 Å². The predicted octanol–water partition coefficient (Wildman–Crippen LogP) is 3.46. The van der Waals surface area contributed by atoms with E-state index in [1.807, 2.05) is 11.3 Å². The lowest BCUT2D eigenvalue weighted by atomic mass is 10.0. The molecule has 0 amide bonds. The molecule has 1 aliphatic carbocycles. The Kier molecular flexibility index (Phi) is 4.21. The highest BCUT2D eigenvalue weighted by Crippen LogP contribution is 2.29. The summed E-state index contributed by atoms with van der Waals surface area (Å²) in [6.07, 6.45) is 6.91. The molecule has 0 aromatic carbocycles. The van der Waals surface area contributed by atoms with Crippen molar-refractivity contribution in [3.8, 4) is 0 Å². The van der Waals surface area contributed by atoms with E-state index in [2.05, 4.69) is 29.8 Å². The molecule has 1 aromatic rings. The molecular weight excluding hydrogens is 202 g/mol. The minimum atomic E-state index is 0.809. The third kappa shape index (κ3) is 3.32. The molecule has 2 rings (SSSR count). The lowest BCUT2D eigenvalue weighted by Gasteiger charge is -2.11. The zero-order chi connectivity index (χ0) is 10.5. The number of rotatable bonds is 5. The van der Waals surface area contributed by atoms with Gasteiger partial charge in [0, 0.05) is 10.9 Å². The van der Waals surface area contributed by atoms with Gasteiger partial charge >= 0.3 is 0 Å². The Morgan fingerprint density at radius 3 is 3.13 bits per heavy atom. The highest BCUT2D eigenvalue weighted by Gasteiger charge is 2.23. The molecule has 0 radical (unpaired) electrons. The maximum Gasteiger partial charge on any atom is 0.00696 e. The first-order valence-electron chi connectivity index (χ1n) is 6.14. The molecule has 1 aliphatic rings. The van der Waals surface area contributed by atoms with Gasteiger partial charge in [-0.3, -0.25) is 0 Å². The second-order valence-electron chi connectivity index (χ2n) is 4.55. The molecule has 0 bridgehead atoms. The van der Waals surface area contributed by atoms with Crippen LogP contribution in [-0.2, 0) is 6.42 Å². The van der Waals surface area contributed by atoms with Gasteiger partial charge in [0.1, 0.15) is 0 Å². The molecule has 2 unspecified atom stereocenters. The Bertz CT molecular complexity index is 268. The number of aryl methyl sites for hydroxylation is 1. The molecule has 1 fully saturated rings. The van der Waals surface area contributed by atoms with Crippen molar-refractivity contribution in [2.45, 2.75) is 45.1 Å². The topological polar surface area (TPSA) is 12.0 Å². The van der Waals surface area contributed by atoms with Gasteiger partial charge in [-0.2, -0.15) is 0 Å². The number of hydrogen-bond donors (Lipinski definition) is 1. The quantitative estimate of drug-likeness (QED) is 0.806. The van der Waals surface area contributed by atoms with Crippen LogP contribution in [-0.4, -0.2) is 12.6 Å². The maximum atomic E-state index is 3.57. The van der Waals surface area contributed by atoms with E-state index in [0.717, 1.165) is 18.5 Å². The average molecular weight is 223 g/mol. The third-order valence-electron chi connectivity index (χ3n) is 3.41. The largest absolute Gasteiger partial charge is 0.314 e. The summed E-state index contributed by atoms with van der Waals surface area (Å²) in [5, 5.41) is 5.76. The molecule has 1 heterocycles. The fourth-order valence-electron chi connectivity index (χ4n) is 2.61. The van der Waals surface area contributed by atoms with Gasteiger partial charge in [0.25, 0.3) is 0 Å². The SMILES string of the molecule is CCNC1CCC(CCc2cccs2)C1. The molecule has 2 heteroatoms. The summed E-state index contributed by atoms with van der Waals surface area (Å²) < 4.78 is 0. The summed E-state index contributed by atoms with van der Waals surface area (Å²) in [6, 6.07) is 5.24. The average Bonchev–Trinajstić information content (AvgIpc) is 2.85. The Labute approximate surface area is 96.9 Å². The molecule has 0 spiro atoms. The van der Waals surface area contributed by atoms with Crippen LogP contribution in [0.25, 0.3) is 0 Å². The molecule has 0 aliphatic heterocycles. The first-order chi connectivity index (χ1) is 7.38. The lowest BCUT2D eigenvalue weighted by Crippen LogP contribution is -2.25. The molecule has 84 valence electrons. The van der Waals surface area contributed by atoms with Crippen molar-refractivity contribution in [1.29, 1.82) is 0 Å². The van der Waals surface area contributed by atoms with Gasteiger partial charge in [0.2, 0.25) is 0 Å². The highest BCUT2D eigenvalue weighted by molar-refractivity contribution is 7.09. The smallest absolute Gasteiger partial charge is 0.00696 e. The van der Waals surface area contributed by atoms with Gasteiger partial charge in [-0.05, 0) is 56.0 Å². The first kappa shape index (κ1) is 11.2. The predicted molar refractivity (Wildman–Crippen MR) is 67.4 cm³/mol. The zero-order valence-corrected chi connectivity index (χ0v) is 10.4. The Balaban J connectivity index is 1.69. The van der Waals surface area contributed by atoms with Crippen molar-refractivity contribution in [3.05, 3.63) is 22.4 Å². The summed E-state index contributed by atoms with van der Waals surface area (Å²) in [4.78, 5) is 1.56. The summed E-state index contributed by atoms with van der Waals surface area (Å²) >= 11 is 1.90. The molecule has 0 saturated heterocycles. The number of hydrogen-bond acceptors (Lipinski definition) is 2. The van der Waals surface area contributed by atoms with Gasteiger partial charge < -0.3 is 5.32 Å². The monoisotopic (exact) mass is 223 g/mol. The van der Waals surface area contributed by atoms with Crippen molar-refractivity contribution in [2.24, 2.45) is 5.92 Å². The molecule has 15 heavy (non-hydrogen) atoms. The normalized spacial score (nSPS) is 25.9. The summed E-state index contributed by atoms with van der Waals surface area (Å²) in [5.41, 5.74) is 0.